The summed E-state index contributed by atoms with van der Waals surface area (Å²) < 4.78 is 5.46. The number of nitrogens with zero attached hydrogens (tertiary/aromatic N) is 1. The van der Waals surface area contributed by atoms with Crippen LogP contribution in [0.5, 0.6) is 5.75 Å². The number of hydrogen-bond donors (Lipinski definition) is 0. The molecule has 1 aliphatic heterocycles. The zero-order valence-electron chi connectivity index (χ0n) is 13.3. The summed E-state index contributed by atoms with van der Waals surface area (Å²) in [5.74, 6) is 2.40. The van der Waals surface area contributed by atoms with Crippen molar-refractivity contribution in [3.8, 4) is 5.75 Å². The molecule has 0 N–H and O–H groups in total. The van der Waals surface area contributed by atoms with E-state index in [9.17, 15) is 0 Å². The van der Waals surface area contributed by atoms with Crippen molar-refractivity contribution in [2.45, 2.75) is 31.7 Å². The van der Waals surface area contributed by atoms with Gasteiger partial charge in [0.2, 0.25) is 0 Å². The number of methoxy groups -OCH3 is 1. The smallest absolute Gasteiger partial charge is 0.119 e. The van der Waals surface area contributed by atoms with Crippen molar-refractivity contribution in [3.63, 3.8) is 0 Å². The van der Waals surface area contributed by atoms with Crippen LogP contribution in [0.2, 0.25) is 0 Å². The summed E-state index contributed by atoms with van der Waals surface area (Å²) in [5.41, 5.74) is 5.50. The Labute approximate surface area is 131 Å². The first kappa shape index (κ1) is 13.6. The average molecular weight is 291 g/mol. The van der Waals surface area contributed by atoms with Crippen molar-refractivity contribution in [1.29, 1.82) is 0 Å². The highest BCUT2D eigenvalue weighted by Crippen LogP contribution is 2.52. The standard InChI is InChI=1S/C20H21NO/c1-12-19-13(2)21-11-14-8-9-15(22-3)10-18(14)20(12)17-7-5-4-6-16(17)19/h4-13,19-20H,1-3H3/b21-11-. The summed E-state index contributed by atoms with van der Waals surface area (Å²) in [7, 11) is 1.73. The summed E-state index contributed by atoms with van der Waals surface area (Å²) >= 11 is 0. The lowest BCUT2D eigenvalue weighted by Crippen LogP contribution is -2.21. The molecular weight excluding hydrogens is 270 g/mol. The van der Waals surface area contributed by atoms with Crippen LogP contribution in [0.1, 0.15) is 47.9 Å². The zero-order chi connectivity index (χ0) is 15.3. The second-order valence-electron chi connectivity index (χ2n) is 6.51. The lowest BCUT2D eigenvalue weighted by molar-refractivity contribution is 0.401. The van der Waals surface area contributed by atoms with Crippen molar-refractivity contribution >= 4 is 6.21 Å². The molecule has 4 rings (SSSR count). The van der Waals surface area contributed by atoms with Crippen molar-refractivity contribution in [3.05, 3.63) is 64.7 Å². The van der Waals surface area contributed by atoms with Gasteiger partial charge in [0.1, 0.15) is 5.75 Å². The van der Waals surface area contributed by atoms with E-state index in [-0.39, 0.29) is 0 Å². The second-order valence-corrected chi connectivity index (χ2v) is 6.51. The lowest BCUT2D eigenvalue weighted by atomic mass is 9.79. The molecule has 2 heteroatoms. The van der Waals surface area contributed by atoms with E-state index in [1.807, 2.05) is 6.07 Å². The molecule has 0 saturated carbocycles. The number of ether oxygens (including phenoxy) is 1. The Balaban J connectivity index is 2.00. The van der Waals surface area contributed by atoms with Gasteiger partial charge in [-0.3, -0.25) is 4.99 Å². The third-order valence-electron chi connectivity index (χ3n) is 5.38. The normalized spacial score (nSPS) is 30.0. The molecule has 2 nitrogen and oxygen atoms in total. The van der Waals surface area contributed by atoms with E-state index in [1.165, 1.54) is 22.3 Å². The predicted octanol–water partition coefficient (Wildman–Crippen LogP) is 4.38. The Kier molecular flexibility index (Phi) is 3.07. The second kappa shape index (κ2) is 4.98. The van der Waals surface area contributed by atoms with Crippen LogP contribution in [0.4, 0.5) is 0 Å². The van der Waals surface area contributed by atoms with Gasteiger partial charge in [0.05, 0.1) is 13.2 Å². The van der Waals surface area contributed by atoms with E-state index in [1.54, 1.807) is 7.11 Å². The van der Waals surface area contributed by atoms with E-state index in [4.69, 9.17) is 9.73 Å². The first-order valence-corrected chi connectivity index (χ1v) is 8.00. The number of aliphatic imine (C=N–C) groups is 1. The minimum absolute atomic E-state index is 0.316. The maximum Gasteiger partial charge on any atom is 0.119 e. The van der Waals surface area contributed by atoms with E-state index in [0.717, 1.165) is 5.75 Å². The van der Waals surface area contributed by atoms with E-state index in [0.29, 0.717) is 23.8 Å². The molecule has 0 radical (unpaired) electrons. The van der Waals surface area contributed by atoms with Crippen molar-refractivity contribution in [2.75, 3.05) is 7.11 Å². The van der Waals surface area contributed by atoms with Crippen LogP contribution in [-0.2, 0) is 0 Å². The third-order valence-corrected chi connectivity index (χ3v) is 5.38. The molecule has 1 aliphatic carbocycles. The molecule has 4 unspecified atom stereocenters. The molecule has 2 bridgehead atoms. The van der Waals surface area contributed by atoms with Gasteiger partial charge in [0.25, 0.3) is 0 Å². The van der Waals surface area contributed by atoms with Crippen molar-refractivity contribution in [1.82, 2.24) is 0 Å². The van der Waals surface area contributed by atoms with Gasteiger partial charge in [0, 0.05) is 18.1 Å². The summed E-state index contributed by atoms with van der Waals surface area (Å²) in [6.07, 6.45) is 2.05. The maximum atomic E-state index is 5.46. The monoisotopic (exact) mass is 291 g/mol. The largest absolute Gasteiger partial charge is 0.497 e. The Morgan fingerprint density at radius 1 is 0.955 bits per heavy atom. The Hall–Kier alpha value is -2.09. The molecule has 0 amide bonds. The summed E-state index contributed by atoms with van der Waals surface area (Å²) in [6.45, 7) is 4.61. The van der Waals surface area contributed by atoms with Crippen LogP contribution in [-0.4, -0.2) is 19.4 Å². The van der Waals surface area contributed by atoms with Crippen LogP contribution in [0.15, 0.2) is 47.5 Å². The molecule has 2 aliphatic rings. The quantitative estimate of drug-likeness (QED) is 0.764. The van der Waals surface area contributed by atoms with Crippen molar-refractivity contribution in [2.24, 2.45) is 10.9 Å². The summed E-state index contributed by atoms with van der Waals surface area (Å²) in [4.78, 5) is 4.84. The number of benzene rings is 2. The van der Waals surface area contributed by atoms with E-state index in [2.05, 4.69) is 56.5 Å². The van der Waals surface area contributed by atoms with Gasteiger partial charge in [0.15, 0.2) is 0 Å². The lowest BCUT2D eigenvalue weighted by Gasteiger charge is -2.28. The topological polar surface area (TPSA) is 21.6 Å². The summed E-state index contributed by atoms with van der Waals surface area (Å²) in [6, 6.07) is 15.6. The van der Waals surface area contributed by atoms with Gasteiger partial charge in [-0.15, -0.1) is 0 Å². The van der Waals surface area contributed by atoms with Crippen LogP contribution in [0, 0.1) is 5.92 Å². The fourth-order valence-electron chi connectivity index (χ4n) is 4.38. The molecule has 0 fully saturated rings. The van der Waals surface area contributed by atoms with E-state index < -0.39 is 0 Å². The molecule has 4 atom stereocenters. The fraction of sp³-hybridized carbons (Fsp3) is 0.350. The molecule has 2 aromatic rings. The molecule has 2 aromatic carbocycles. The highest BCUT2D eigenvalue weighted by Gasteiger charge is 2.42. The Morgan fingerprint density at radius 2 is 1.73 bits per heavy atom. The first-order chi connectivity index (χ1) is 10.7. The van der Waals surface area contributed by atoms with Gasteiger partial charge in [-0.25, -0.2) is 0 Å². The van der Waals surface area contributed by atoms with Gasteiger partial charge in [-0.05, 0) is 53.3 Å². The van der Waals surface area contributed by atoms with E-state index >= 15 is 0 Å². The molecule has 0 saturated heterocycles. The highest BCUT2D eigenvalue weighted by molar-refractivity contribution is 5.83. The Bertz CT molecular complexity index is 749. The molecule has 0 aromatic heterocycles. The predicted molar refractivity (Wildman–Crippen MR) is 90.2 cm³/mol. The number of fused-ring (bicyclic) bond motifs is 7. The van der Waals surface area contributed by atoms with Crippen molar-refractivity contribution < 1.29 is 4.74 Å². The van der Waals surface area contributed by atoms with Crippen LogP contribution in [0.25, 0.3) is 0 Å². The van der Waals surface area contributed by atoms with Gasteiger partial charge >= 0.3 is 0 Å². The third kappa shape index (κ3) is 1.83. The van der Waals surface area contributed by atoms with Crippen LogP contribution < -0.4 is 4.74 Å². The molecule has 1 heterocycles. The molecule has 22 heavy (non-hydrogen) atoms. The minimum atomic E-state index is 0.316. The number of rotatable bonds is 1. The molecule has 0 spiro atoms. The molecule has 112 valence electrons. The summed E-state index contributed by atoms with van der Waals surface area (Å²) in [5, 5.41) is 0. The fourth-order valence-corrected chi connectivity index (χ4v) is 4.38. The SMILES string of the molecule is COc1ccc2c(c1)C1c3ccccc3C(C(C)/N=C\2)C1C. The number of hydrogen-bond acceptors (Lipinski definition) is 2. The zero-order valence-corrected chi connectivity index (χ0v) is 13.3. The first-order valence-electron chi connectivity index (χ1n) is 8.00. The van der Waals surface area contributed by atoms with Crippen LogP contribution >= 0.6 is 0 Å². The Morgan fingerprint density at radius 3 is 2.50 bits per heavy atom. The van der Waals surface area contributed by atoms with Gasteiger partial charge in [-0.1, -0.05) is 31.2 Å². The maximum absolute atomic E-state index is 5.46. The van der Waals surface area contributed by atoms with Gasteiger partial charge < -0.3 is 4.74 Å². The molecular formula is C20H21NO. The van der Waals surface area contributed by atoms with Crippen LogP contribution in [0.3, 0.4) is 0 Å². The highest BCUT2D eigenvalue weighted by atomic mass is 16.5. The average Bonchev–Trinajstić information content (AvgIpc) is 2.85. The minimum Gasteiger partial charge on any atom is -0.497 e. The van der Waals surface area contributed by atoms with Gasteiger partial charge in [-0.2, -0.15) is 0 Å².